The first-order chi connectivity index (χ1) is 13.1. The second-order valence-corrected chi connectivity index (χ2v) is 8.70. The van der Waals surface area contributed by atoms with E-state index in [2.05, 4.69) is 5.32 Å². The molecule has 1 aromatic heterocycles. The first-order valence-electron chi connectivity index (χ1n) is 10.0. The van der Waals surface area contributed by atoms with Crippen LogP contribution in [0.15, 0.2) is 22.8 Å². The highest BCUT2D eigenvalue weighted by atomic mass is 16.3. The van der Waals surface area contributed by atoms with Crippen molar-refractivity contribution in [2.45, 2.75) is 60.0 Å². The van der Waals surface area contributed by atoms with Crippen molar-refractivity contribution in [2.75, 3.05) is 19.6 Å². The molecule has 2 rings (SSSR count). The van der Waals surface area contributed by atoms with E-state index in [0.29, 0.717) is 25.4 Å². The van der Waals surface area contributed by atoms with E-state index < -0.39 is 11.5 Å². The summed E-state index contributed by atoms with van der Waals surface area (Å²) in [4.78, 5) is 41.7. The molecule has 1 fully saturated rings. The standard InChI is InChI=1S/C21H33N3O4/c1-7-14(2)17(22-20(27)21(4,5)6)19(26)23-10-11-24(15(3)13-23)18(25)16-9-8-12-28-16/h8-9,12,14-15,17H,7,10-11,13H2,1-6H3,(H,22,27). The van der Waals surface area contributed by atoms with E-state index >= 15 is 0 Å². The summed E-state index contributed by atoms with van der Waals surface area (Å²) in [6.45, 7) is 12.7. The van der Waals surface area contributed by atoms with Gasteiger partial charge in [-0.3, -0.25) is 14.4 Å². The maximum atomic E-state index is 13.2. The van der Waals surface area contributed by atoms with Crippen LogP contribution in [0, 0.1) is 11.3 Å². The van der Waals surface area contributed by atoms with Gasteiger partial charge in [-0.1, -0.05) is 41.0 Å². The second kappa shape index (κ2) is 8.80. The summed E-state index contributed by atoms with van der Waals surface area (Å²) < 4.78 is 5.21. The van der Waals surface area contributed by atoms with Crippen LogP contribution in [0.4, 0.5) is 0 Å². The number of carbonyl (C=O) groups is 3. The Morgan fingerprint density at radius 3 is 2.46 bits per heavy atom. The van der Waals surface area contributed by atoms with Gasteiger partial charge in [0.15, 0.2) is 5.76 Å². The normalized spacial score (nSPS) is 19.9. The Balaban J connectivity index is 2.07. The lowest BCUT2D eigenvalue weighted by molar-refractivity contribution is -0.141. The largest absolute Gasteiger partial charge is 0.459 e. The maximum Gasteiger partial charge on any atom is 0.289 e. The summed E-state index contributed by atoms with van der Waals surface area (Å²) in [7, 11) is 0. The van der Waals surface area contributed by atoms with E-state index in [0.717, 1.165) is 6.42 Å². The number of rotatable bonds is 5. The summed E-state index contributed by atoms with van der Waals surface area (Å²) in [6, 6.07) is 2.64. The lowest BCUT2D eigenvalue weighted by Gasteiger charge is -2.41. The molecule has 7 heteroatoms. The predicted octanol–water partition coefficient (Wildman–Crippen LogP) is 2.53. The summed E-state index contributed by atoms with van der Waals surface area (Å²) in [5.41, 5.74) is -0.562. The molecule has 28 heavy (non-hydrogen) atoms. The van der Waals surface area contributed by atoms with E-state index in [-0.39, 0.29) is 29.7 Å². The Kier molecular flexibility index (Phi) is 6.91. The van der Waals surface area contributed by atoms with Crippen molar-refractivity contribution < 1.29 is 18.8 Å². The fraction of sp³-hybridized carbons (Fsp3) is 0.667. The van der Waals surface area contributed by atoms with Gasteiger partial charge in [-0.05, 0) is 25.0 Å². The first-order valence-corrected chi connectivity index (χ1v) is 10.0. The summed E-state index contributed by atoms with van der Waals surface area (Å²) in [6.07, 6.45) is 2.26. The zero-order chi connectivity index (χ0) is 21.1. The molecule has 0 bridgehead atoms. The Labute approximate surface area is 167 Å². The van der Waals surface area contributed by atoms with E-state index in [4.69, 9.17) is 4.42 Å². The number of amides is 3. The average Bonchev–Trinajstić information content (AvgIpc) is 3.18. The number of nitrogens with zero attached hydrogens (tertiary/aromatic N) is 2. The Bertz CT molecular complexity index is 693. The molecule has 3 atom stereocenters. The zero-order valence-electron chi connectivity index (χ0n) is 17.8. The number of nitrogens with one attached hydrogen (secondary N) is 1. The highest BCUT2D eigenvalue weighted by Gasteiger charge is 2.37. The quantitative estimate of drug-likeness (QED) is 0.836. The Morgan fingerprint density at radius 2 is 1.96 bits per heavy atom. The number of hydrogen-bond acceptors (Lipinski definition) is 4. The van der Waals surface area contributed by atoms with E-state index in [1.165, 1.54) is 6.26 Å². The molecule has 3 unspecified atom stereocenters. The molecule has 3 amide bonds. The summed E-state index contributed by atoms with van der Waals surface area (Å²) >= 11 is 0. The predicted molar refractivity (Wildman–Crippen MR) is 107 cm³/mol. The number of carbonyl (C=O) groups excluding carboxylic acids is 3. The van der Waals surface area contributed by atoms with Gasteiger partial charge in [0, 0.05) is 31.1 Å². The fourth-order valence-electron chi connectivity index (χ4n) is 3.24. The molecule has 2 heterocycles. The monoisotopic (exact) mass is 391 g/mol. The maximum absolute atomic E-state index is 13.2. The summed E-state index contributed by atoms with van der Waals surface area (Å²) in [5, 5.41) is 2.95. The van der Waals surface area contributed by atoms with Gasteiger partial charge in [0.1, 0.15) is 6.04 Å². The van der Waals surface area contributed by atoms with E-state index in [1.807, 2.05) is 41.5 Å². The molecule has 1 aliphatic rings. The van der Waals surface area contributed by atoms with Gasteiger partial charge in [-0.25, -0.2) is 0 Å². The van der Waals surface area contributed by atoms with Gasteiger partial charge in [0.25, 0.3) is 5.91 Å². The van der Waals surface area contributed by atoms with Crippen molar-refractivity contribution in [3.05, 3.63) is 24.2 Å². The number of piperazine rings is 1. The smallest absolute Gasteiger partial charge is 0.289 e. The van der Waals surface area contributed by atoms with Crippen LogP contribution in [0.25, 0.3) is 0 Å². The van der Waals surface area contributed by atoms with Crippen LogP contribution >= 0.6 is 0 Å². The van der Waals surface area contributed by atoms with Crippen molar-refractivity contribution in [1.29, 1.82) is 0 Å². The van der Waals surface area contributed by atoms with Crippen molar-refractivity contribution in [1.82, 2.24) is 15.1 Å². The molecule has 1 N–H and O–H groups in total. The van der Waals surface area contributed by atoms with Crippen LogP contribution in [0.5, 0.6) is 0 Å². The fourth-order valence-corrected chi connectivity index (χ4v) is 3.24. The van der Waals surface area contributed by atoms with Crippen LogP contribution in [0.3, 0.4) is 0 Å². The van der Waals surface area contributed by atoms with Crippen LogP contribution < -0.4 is 5.32 Å². The molecule has 1 aromatic rings. The van der Waals surface area contributed by atoms with Gasteiger partial charge in [0.05, 0.1) is 6.26 Å². The topological polar surface area (TPSA) is 82.9 Å². The molecule has 0 saturated carbocycles. The molecular weight excluding hydrogens is 358 g/mol. The van der Waals surface area contributed by atoms with Crippen LogP contribution in [0.1, 0.15) is 58.5 Å². The highest BCUT2D eigenvalue weighted by molar-refractivity contribution is 5.92. The lowest BCUT2D eigenvalue weighted by Crippen LogP contribution is -2.60. The Hall–Kier alpha value is -2.31. The van der Waals surface area contributed by atoms with Gasteiger partial charge in [-0.15, -0.1) is 0 Å². The zero-order valence-corrected chi connectivity index (χ0v) is 17.8. The van der Waals surface area contributed by atoms with Gasteiger partial charge in [-0.2, -0.15) is 0 Å². The minimum atomic E-state index is -0.562. The summed E-state index contributed by atoms with van der Waals surface area (Å²) in [5.74, 6) is -0.0442. The van der Waals surface area contributed by atoms with Crippen molar-refractivity contribution in [2.24, 2.45) is 11.3 Å². The molecule has 156 valence electrons. The first kappa shape index (κ1) is 22.0. The minimum absolute atomic E-state index is 0.0249. The molecular formula is C21H33N3O4. The third-order valence-corrected chi connectivity index (χ3v) is 5.38. The van der Waals surface area contributed by atoms with Crippen molar-refractivity contribution in [3.8, 4) is 0 Å². The van der Waals surface area contributed by atoms with E-state index in [9.17, 15) is 14.4 Å². The molecule has 0 spiro atoms. The lowest BCUT2D eigenvalue weighted by atomic mass is 9.92. The van der Waals surface area contributed by atoms with E-state index in [1.54, 1.807) is 21.9 Å². The highest BCUT2D eigenvalue weighted by Crippen LogP contribution is 2.20. The van der Waals surface area contributed by atoms with Crippen LogP contribution in [-0.4, -0.2) is 59.2 Å². The third kappa shape index (κ3) is 4.94. The van der Waals surface area contributed by atoms with Gasteiger partial charge < -0.3 is 19.5 Å². The van der Waals surface area contributed by atoms with Crippen LogP contribution in [0.2, 0.25) is 0 Å². The third-order valence-electron chi connectivity index (χ3n) is 5.38. The molecule has 0 aliphatic carbocycles. The SMILES string of the molecule is CCC(C)C(NC(=O)C(C)(C)C)C(=O)N1CCN(C(=O)c2ccco2)C(C)C1. The molecule has 0 radical (unpaired) electrons. The molecule has 0 aromatic carbocycles. The van der Waals surface area contributed by atoms with Crippen LogP contribution in [-0.2, 0) is 9.59 Å². The molecule has 1 aliphatic heterocycles. The average molecular weight is 392 g/mol. The second-order valence-electron chi connectivity index (χ2n) is 8.70. The number of furan rings is 1. The Morgan fingerprint density at radius 1 is 1.29 bits per heavy atom. The molecule has 1 saturated heterocycles. The van der Waals surface area contributed by atoms with Gasteiger partial charge in [0.2, 0.25) is 11.8 Å². The number of hydrogen-bond donors (Lipinski definition) is 1. The van der Waals surface area contributed by atoms with Crippen molar-refractivity contribution in [3.63, 3.8) is 0 Å². The molecule has 7 nitrogen and oxygen atoms in total. The minimum Gasteiger partial charge on any atom is -0.459 e. The van der Waals surface area contributed by atoms with Gasteiger partial charge >= 0.3 is 0 Å². The van der Waals surface area contributed by atoms with Crippen molar-refractivity contribution >= 4 is 17.7 Å².